The molecule has 3 rings (SSSR count). The van der Waals surface area contributed by atoms with Crippen LogP contribution in [0.3, 0.4) is 0 Å². The molecule has 1 N–H and O–H groups in total. The molecule has 2 aliphatic heterocycles. The van der Waals surface area contributed by atoms with E-state index in [0.29, 0.717) is 44.7 Å². The van der Waals surface area contributed by atoms with Crippen molar-refractivity contribution in [2.24, 2.45) is 5.92 Å². The highest BCUT2D eigenvalue weighted by atomic mass is 32.2. The van der Waals surface area contributed by atoms with Gasteiger partial charge < -0.3 is 5.32 Å². The molecule has 0 aliphatic carbocycles. The van der Waals surface area contributed by atoms with Gasteiger partial charge in [-0.25, -0.2) is 8.42 Å². The molecule has 2 fully saturated rings. The van der Waals surface area contributed by atoms with Gasteiger partial charge in [-0.2, -0.15) is 21.3 Å². The van der Waals surface area contributed by atoms with Crippen LogP contribution in [0.2, 0.25) is 0 Å². The number of benzene rings is 1. The van der Waals surface area contributed by atoms with Crippen LogP contribution in [0.15, 0.2) is 29.2 Å². The van der Waals surface area contributed by atoms with Gasteiger partial charge in [-0.15, -0.1) is 0 Å². The first-order chi connectivity index (χ1) is 14.1. The molecule has 168 valence electrons. The maximum absolute atomic E-state index is 12.7. The van der Waals surface area contributed by atoms with E-state index in [1.807, 2.05) is 0 Å². The van der Waals surface area contributed by atoms with E-state index in [1.54, 1.807) is 12.1 Å². The minimum absolute atomic E-state index is 0.177. The topological polar surface area (TPSA) is 107 Å². The summed E-state index contributed by atoms with van der Waals surface area (Å²) < 4.78 is 53.8. The second-order valence-corrected chi connectivity index (χ2v) is 12.0. The number of nitrogens with one attached hydrogen (secondary N) is 1. The van der Waals surface area contributed by atoms with Crippen LogP contribution in [0.1, 0.15) is 32.1 Å². The number of carbonyl (C=O) groups is 1. The van der Waals surface area contributed by atoms with Crippen LogP contribution in [0.4, 0.5) is 5.69 Å². The first-order valence-electron chi connectivity index (χ1n) is 10.2. The monoisotopic (exact) mass is 458 g/mol. The molecule has 2 saturated heterocycles. The molecule has 0 bridgehead atoms. The number of hydrogen-bond donors (Lipinski definition) is 1. The molecule has 0 spiro atoms. The summed E-state index contributed by atoms with van der Waals surface area (Å²) >= 11 is 0. The molecule has 0 aromatic heterocycles. The van der Waals surface area contributed by atoms with E-state index in [4.69, 9.17) is 0 Å². The molecular formula is C19H30N4O5S2. The van der Waals surface area contributed by atoms with E-state index >= 15 is 0 Å². The van der Waals surface area contributed by atoms with Gasteiger partial charge in [-0.3, -0.25) is 4.79 Å². The summed E-state index contributed by atoms with van der Waals surface area (Å²) in [6.07, 6.45) is 3.70. The van der Waals surface area contributed by atoms with Crippen molar-refractivity contribution >= 4 is 31.8 Å². The summed E-state index contributed by atoms with van der Waals surface area (Å²) in [7, 11) is -3.98. The fourth-order valence-corrected chi connectivity index (χ4v) is 6.44. The first kappa shape index (κ1) is 23.1. The Morgan fingerprint density at radius 2 is 1.47 bits per heavy atom. The number of carbonyl (C=O) groups excluding carboxylic acids is 1. The van der Waals surface area contributed by atoms with Crippen molar-refractivity contribution in [1.29, 1.82) is 0 Å². The Hall–Kier alpha value is -1.53. The lowest BCUT2D eigenvalue weighted by Crippen LogP contribution is -2.46. The lowest BCUT2D eigenvalue weighted by molar-refractivity contribution is -0.120. The van der Waals surface area contributed by atoms with Gasteiger partial charge in [0.1, 0.15) is 0 Å². The van der Waals surface area contributed by atoms with Crippen molar-refractivity contribution in [3.05, 3.63) is 24.3 Å². The Kier molecular flexibility index (Phi) is 7.18. The number of rotatable bonds is 6. The largest absolute Gasteiger partial charge is 0.326 e. The van der Waals surface area contributed by atoms with Gasteiger partial charge in [0.25, 0.3) is 10.2 Å². The lowest BCUT2D eigenvalue weighted by Gasteiger charge is -2.32. The van der Waals surface area contributed by atoms with Crippen molar-refractivity contribution in [3.8, 4) is 0 Å². The lowest BCUT2D eigenvalue weighted by atomic mass is 9.97. The number of amides is 1. The summed E-state index contributed by atoms with van der Waals surface area (Å²) in [5, 5.41) is 2.82. The zero-order valence-corrected chi connectivity index (χ0v) is 19.1. The fourth-order valence-electron chi connectivity index (χ4n) is 3.79. The maximum Gasteiger partial charge on any atom is 0.281 e. The zero-order chi connectivity index (χ0) is 21.9. The second-order valence-electron chi connectivity index (χ2n) is 7.94. The number of piperidine rings is 2. The van der Waals surface area contributed by atoms with Gasteiger partial charge in [-0.1, -0.05) is 6.42 Å². The molecule has 0 saturated carbocycles. The fraction of sp³-hybridized carbons (Fsp3) is 0.632. The predicted octanol–water partition coefficient (Wildman–Crippen LogP) is 1.32. The van der Waals surface area contributed by atoms with Crippen molar-refractivity contribution in [2.45, 2.75) is 37.0 Å². The number of hydrogen-bond acceptors (Lipinski definition) is 5. The highest BCUT2D eigenvalue weighted by Crippen LogP contribution is 2.24. The Balaban J connectivity index is 1.58. The molecule has 1 aromatic carbocycles. The molecule has 2 aliphatic rings. The first-order valence-corrected chi connectivity index (χ1v) is 13.0. The molecule has 11 heteroatoms. The van der Waals surface area contributed by atoms with Gasteiger partial charge in [0.15, 0.2) is 0 Å². The van der Waals surface area contributed by atoms with Gasteiger partial charge in [0, 0.05) is 51.9 Å². The maximum atomic E-state index is 12.7. The third-order valence-corrected chi connectivity index (χ3v) is 9.54. The molecule has 30 heavy (non-hydrogen) atoms. The van der Waals surface area contributed by atoms with Crippen LogP contribution in [0.25, 0.3) is 0 Å². The standard InChI is InChI=1S/C19H30N4O5S2/c1-21(2)30(27,28)23-14-10-16(11-15-23)19(24)20-17-6-8-18(9-7-17)29(25,26)22-12-4-3-5-13-22/h6-9,16H,3-5,10-15H2,1-2H3,(H,20,24). The molecule has 0 unspecified atom stereocenters. The third kappa shape index (κ3) is 5.02. The van der Waals surface area contributed by atoms with Gasteiger partial charge >= 0.3 is 0 Å². The van der Waals surface area contributed by atoms with Crippen LogP contribution in [-0.4, -0.2) is 75.9 Å². The number of nitrogens with zero attached hydrogens (tertiary/aromatic N) is 3. The van der Waals surface area contributed by atoms with Gasteiger partial charge in [0.2, 0.25) is 15.9 Å². The van der Waals surface area contributed by atoms with Gasteiger partial charge in [0.05, 0.1) is 4.90 Å². The summed E-state index contributed by atoms with van der Waals surface area (Å²) in [4.78, 5) is 12.8. The average Bonchev–Trinajstić information content (AvgIpc) is 2.74. The molecule has 0 atom stereocenters. The highest BCUT2D eigenvalue weighted by Gasteiger charge is 2.32. The van der Waals surface area contributed by atoms with E-state index in [9.17, 15) is 21.6 Å². The number of sulfonamides is 1. The SMILES string of the molecule is CN(C)S(=O)(=O)N1CCC(C(=O)Nc2ccc(S(=O)(=O)N3CCCCC3)cc2)CC1. The zero-order valence-electron chi connectivity index (χ0n) is 17.5. The van der Waals surface area contributed by atoms with Crippen molar-refractivity contribution in [1.82, 2.24) is 12.9 Å². The third-order valence-electron chi connectivity index (χ3n) is 5.69. The molecule has 9 nitrogen and oxygen atoms in total. The Labute approximate surface area is 179 Å². The quantitative estimate of drug-likeness (QED) is 0.692. The second kappa shape index (κ2) is 9.31. The average molecular weight is 459 g/mol. The van der Waals surface area contributed by atoms with E-state index < -0.39 is 20.2 Å². The normalized spacial score (nSPS) is 20.4. The van der Waals surface area contributed by atoms with Crippen LogP contribution in [0, 0.1) is 5.92 Å². The van der Waals surface area contributed by atoms with E-state index in [1.165, 1.54) is 39.1 Å². The Morgan fingerprint density at radius 1 is 0.900 bits per heavy atom. The van der Waals surface area contributed by atoms with Crippen LogP contribution in [0.5, 0.6) is 0 Å². The molecule has 2 heterocycles. The minimum atomic E-state index is -3.50. The van der Waals surface area contributed by atoms with Crippen molar-refractivity contribution in [2.75, 3.05) is 45.6 Å². The molecule has 0 radical (unpaired) electrons. The van der Waals surface area contributed by atoms with Crippen molar-refractivity contribution < 1.29 is 21.6 Å². The summed E-state index contributed by atoms with van der Waals surface area (Å²) in [6, 6.07) is 6.23. The molecular weight excluding hydrogens is 428 g/mol. The summed E-state index contributed by atoms with van der Waals surface area (Å²) in [6.45, 7) is 1.68. The van der Waals surface area contributed by atoms with E-state index in [0.717, 1.165) is 19.3 Å². The van der Waals surface area contributed by atoms with Gasteiger partial charge in [-0.05, 0) is 49.9 Å². The van der Waals surface area contributed by atoms with Crippen LogP contribution >= 0.6 is 0 Å². The highest BCUT2D eigenvalue weighted by molar-refractivity contribution is 7.89. The van der Waals surface area contributed by atoms with Crippen LogP contribution in [-0.2, 0) is 25.0 Å². The van der Waals surface area contributed by atoms with Crippen molar-refractivity contribution in [3.63, 3.8) is 0 Å². The minimum Gasteiger partial charge on any atom is -0.326 e. The Morgan fingerprint density at radius 3 is 2.00 bits per heavy atom. The summed E-state index contributed by atoms with van der Waals surface area (Å²) in [5.41, 5.74) is 0.529. The van der Waals surface area contributed by atoms with Crippen LogP contribution < -0.4 is 5.32 Å². The predicted molar refractivity (Wildman–Crippen MR) is 115 cm³/mol. The molecule has 1 aromatic rings. The van der Waals surface area contributed by atoms with E-state index in [-0.39, 0.29) is 16.7 Å². The summed E-state index contributed by atoms with van der Waals surface area (Å²) in [5.74, 6) is -0.459. The van der Waals surface area contributed by atoms with E-state index in [2.05, 4.69) is 5.32 Å². The Bertz CT molecular complexity index is 947. The smallest absolute Gasteiger partial charge is 0.281 e. The molecule has 1 amide bonds. The number of anilines is 1.